The van der Waals surface area contributed by atoms with Crippen molar-refractivity contribution < 1.29 is 32.0 Å². The molecule has 0 bridgehead atoms. The SMILES string of the molecule is O=C(O)c1ccc(NS(=O)(=O)C(F)F)c([N+](=O)[O-])c1. The Labute approximate surface area is 104 Å². The highest BCUT2D eigenvalue weighted by molar-refractivity contribution is 7.93. The monoisotopic (exact) mass is 296 g/mol. The first-order chi connectivity index (χ1) is 8.65. The average molecular weight is 296 g/mol. The number of carboxylic acid groups (broad SMARTS) is 1. The molecule has 2 N–H and O–H groups in total. The molecular formula is C8H6F2N2O6S. The molecule has 0 saturated carbocycles. The molecule has 0 aliphatic rings. The molecule has 0 radical (unpaired) electrons. The fourth-order valence-corrected chi connectivity index (χ4v) is 1.67. The van der Waals surface area contributed by atoms with Gasteiger partial charge in [-0.3, -0.25) is 14.8 Å². The molecule has 0 unspecified atom stereocenters. The Morgan fingerprint density at radius 2 is 2.00 bits per heavy atom. The van der Waals surface area contributed by atoms with E-state index in [4.69, 9.17) is 5.11 Å². The number of hydrogen-bond acceptors (Lipinski definition) is 5. The summed E-state index contributed by atoms with van der Waals surface area (Å²) in [4.78, 5) is 20.2. The van der Waals surface area contributed by atoms with Crippen molar-refractivity contribution in [2.24, 2.45) is 0 Å². The van der Waals surface area contributed by atoms with Crippen LogP contribution in [0, 0.1) is 10.1 Å². The van der Waals surface area contributed by atoms with E-state index in [0.717, 1.165) is 12.1 Å². The van der Waals surface area contributed by atoms with Gasteiger partial charge in [-0.25, -0.2) is 13.2 Å². The van der Waals surface area contributed by atoms with Crippen molar-refractivity contribution in [3.63, 3.8) is 0 Å². The summed E-state index contributed by atoms with van der Waals surface area (Å²) in [5, 5.41) is 19.3. The smallest absolute Gasteiger partial charge is 0.355 e. The summed E-state index contributed by atoms with van der Waals surface area (Å²) in [5.41, 5.74) is -2.16. The first-order valence-corrected chi connectivity index (χ1v) is 6.01. The Balaban J connectivity index is 3.29. The number of nitro benzene ring substituents is 1. The Morgan fingerprint density at radius 1 is 1.42 bits per heavy atom. The Morgan fingerprint density at radius 3 is 2.42 bits per heavy atom. The molecule has 0 saturated heterocycles. The fraction of sp³-hybridized carbons (Fsp3) is 0.125. The second kappa shape index (κ2) is 5.14. The minimum absolute atomic E-state index is 0.480. The highest BCUT2D eigenvalue weighted by atomic mass is 32.2. The number of benzene rings is 1. The van der Waals surface area contributed by atoms with Crippen LogP contribution in [0.4, 0.5) is 20.2 Å². The van der Waals surface area contributed by atoms with E-state index in [0.29, 0.717) is 6.07 Å². The van der Waals surface area contributed by atoms with Crippen LogP contribution in [0.15, 0.2) is 18.2 Å². The summed E-state index contributed by atoms with van der Waals surface area (Å²) >= 11 is 0. The van der Waals surface area contributed by atoms with Crippen LogP contribution < -0.4 is 4.72 Å². The van der Waals surface area contributed by atoms with Gasteiger partial charge in [0.25, 0.3) is 15.7 Å². The number of carboxylic acids is 1. The predicted octanol–water partition coefficient (Wildman–Crippen LogP) is 1.26. The van der Waals surface area contributed by atoms with Gasteiger partial charge in [0.05, 0.1) is 10.5 Å². The minimum atomic E-state index is -5.08. The van der Waals surface area contributed by atoms with Crippen molar-refractivity contribution in [1.29, 1.82) is 0 Å². The number of nitro groups is 1. The summed E-state index contributed by atoms with van der Waals surface area (Å²) in [6.45, 7) is 0. The number of alkyl halides is 2. The number of anilines is 1. The third kappa shape index (κ3) is 3.34. The molecule has 1 aromatic carbocycles. The van der Waals surface area contributed by atoms with Crippen LogP contribution in [-0.2, 0) is 10.0 Å². The van der Waals surface area contributed by atoms with Gasteiger partial charge >= 0.3 is 11.7 Å². The molecule has 0 heterocycles. The van der Waals surface area contributed by atoms with E-state index in [1.807, 2.05) is 0 Å². The lowest BCUT2D eigenvalue weighted by Gasteiger charge is -2.07. The van der Waals surface area contributed by atoms with Crippen LogP contribution in [0.25, 0.3) is 0 Å². The molecule has 0 aliphatic heterocycles. The predicted molar refractivity (Wildman–Crippen MR) is 58.6 cm³/mol. The summed E-state index contributed by atoms with van der Waals surface area (Å²) in [6, 6.07) is 2.13. The zero-order valence-electron chi connectivity index (χ0n) is 8.91. The molecular weight excluding hydrogens is 290 g/mol. The quantitative estimate of drug-likeness (QED) is 0.622. The number of halogens is 2. The number of rotatable bonds is 5. The lowest BCUT2D eigenvalue weighted by Crippen LogP contribution is -2.21. The van der Waals surface area contributed by atoms with Gasteiger partial charge in [-0.1, -0.05) is 0 Å². The zero-order chi connectivity index (χ0) is 14.8. The largest absolute Gasteiger partial charge is 0.478 e. The summed E-state index contributed by atoms with van der Waals surface area (Å²) < 4.78 is 47.4. The summed E-state index contributed by atoms with van der Waals surface area (Å²) in [5.74, 6) is -5.25. The molecule has 1 aromatic rings. The van der Waals surface area contributed by atoms with Crippen LogP contribution in [0.3, 0.4) is 0 Å². The van der Waals surface area contributed by atoms with E-state index in [-0.39, 0.29) is 0 Å². The van der Waals surface area contributed by atoms with Crippen molar-refractivity contribution in [3.8, 4) is 0 Å². The molecule has 0 fully saturated rings. The lowest BCUT2D eigenvalue weighted by atomic mass is 10.2. The van der Waals surface area contributed by atoms with E-state index in [2.05, 4.69) is 0 Å². The van der Waals surface area contributed by atoms with Gasteiger partial charge in [-0.15, -0.1) is 0 Å². The van der Waals surface area contributed by atoms with Crippen LogP contribution in [0.1, 0.15) is 10.4 Å². The third-order valence-corrected chi connectivity index (χ3v) is 2.90. The number of aromatic carboxylic acids is 1. The molecule has 19 heavy (non-hydrogen) atoms. The van der Waals surface area contributed by atoms with Gasteiger partial charge in [0.2, 0.25) is 0 Å². The van der Waals surface area contributed by atoms with E-state index < -0.39 is 43.6 Å². The van der Waals surface area contributed by atoms with Gasteiger partial charge < -0.3 is 5.11 Å². The second-order valence-corrected chi connectivity index (χ2v) is 4.85. The van der Waals surface area contributed by atoms with Crippen LogP contribution in [0.2, 0.25) is 0 Å². The van der Waals surface area contributed by atoms with Crippen molar-refractivity contribution in [3.05, 3.63) is 33.9 Å². The van der Waals surface area contributed by atoms with Gasteiger partial charge in [0, 0.05) is 6.07 Å². The number of carbonyl (C=O) groups is 1. The van der Waals surface area contributed by atoms with E-state index in [1.54, 1.807) is 0 Å². The van der Waals surface area contributed by atoms with Crippen LogP contribution in [0.5, 0.6) is 0 Å². The Kier molecular flexibility index (Phi) is 3.99. The molecule has 0 aliphatic carbocycles. The lowest BCUT2D eigenvalue weighted by molar-refractivity contribution is -0.383. The average Bonchev–Trinajstić information content (AvgIpc) is 2.28. The molecule has 1 rings (SSSR count). The van der Waals surface area contributed by atoms with E-state index in [9.17, 15) is 32.1 Å². The number of hydrogen-bond donors (Lipinski definition) is 2. The van der Waals surface area contributed by atoms with Crippen LogP contribution >= 0.6 is 0 Å². The summed E-state index contributed by atoms with van der Waals surface area (Å²) in [6.07, 6.45) is 0. The first kappa shape index (κ1) is 14.8. The molecule has 11 heteroatoms. The van der Waals surface area contributed by atoms with Gasteiger partial charge in [0.15, 0.2) is 0 Å². The standard InChI is InChI=1S/C8H6F2N2O6S/c9-8(10)19(17,18)11-5-2-1-4(7(13)14)3-6(5)12(15)16/h1-3,8,11H,(H,13,14). The summed E-state index contributed by atoms with van der Waals surface area (Å²) in [7, 11) is -5.08. The number of nitrogens with zero attached hydrogens (tertiary/aromatic N) is 1. The first-order valence-electron chi connectivity index (χ1n) is 4.46. The van der Waals surface area contributed by atoms with Gasteiger partial charge in [-0.05, 0) is 12.1 Å². The van der Waals surface area contributed by atoms with Crippen molar-refractivity contribution in [2.45, 2.75) is 5.76 Å². The number of nitrogens with one attached hydrogen (secondary N) is 1. The van der Waals surface area contributed by atoms with E-state index in [1.165, 1.54) is 4.72 Å². The Hall–Kier alpha value is -2.30. The fourth-order valence-electron chi connectivity index (χ4n) is 1.10. The topological polar surface area (TPSA) is 127 Å². The normalized spacial score (nSPS) is 11.3. The third-order valence-electron chi connectivity index (χ3n) is 1.93. The highest BCUT2D eigenvalue weighted by Crippen LogP contribution is 2.27. The molecule has 8 nitrogen and oxygen atoms in total. The van der Waals surface area contributed by atoms with Gasteiger partial charge in [-0.2, -0.15) is 8.78 Å². The maximum atomic E-state index is 12.1. The molecule has 0 atom stereocenters. The minimum Gasteiger partial charge on any atom is -0.478 e. The van der Waals surface area contributed by atoms with Crippen molar-refractivity contribution >= 4 is 27.4 Å². The van der Waals surface area contributed by atoms with Gasteiger partial charge in [0.1, 0.15) is 5.69 Å². The molecule has 104 valence electrons. The Bertz CT molecular complexity index is 630. The number of sulfonamides is 1. The molecule has 0 spiro atoms. The zero-order valence-corrected chi connectivity index (χ0v) is 9.73. The molecule has 0 aromatic heterocycles. The molecule has 0 amide bonds. The highest BCUT2D eigenvalue weighted by Gasteiger charge is 2.27. The second-order valence-electron chi connectivity index (χ2n) is 3.20. The maximum absolute atomic E-state index is 12.1. The van der Waals surface area contributed by atoms with Crippen molar-refractivity contribution in [1.82, 2.24) is 0 Å². The van der Waals surface area contributed by atoms with E-state index >= 15 is 0 Å². The van der Waals surface area contributed by atoms with Crippen molar-refractivity contribution in [2.75, 3.05) is 4.72 Å². The van der Waals surface area contributed by atoms with Crippen LogP contribution in [-0.4, -0.2) is 30.2 Å². The maximum Gasteiger partial charge on any atom is 0.355 e.